The number of alkyl halides is 3. The maximum Gasteiger partial charge on any atom is 0.416 e. The predicted molar refractivity (Wildman–Crippen MR) is 114 cm³/mol. The maximum atomic E-state index is 12.7. The molecule has 0 saturated carbocycles. The molecule has 33 heavy (non-hydrogen) atoms. The van der Waals surface area contributed by atoms with Gasteiger partial charge in [0.2, 0.25) is 0 Å². The van der Waals surface area contributed by atoms with Crippen LogP contribution in [0.2, 0.25) is 0 Å². The van der Waals surface area contributed by atoms with Crippen molar-refractivity contribution in [1.29, 1.82) is 0 Å². The van der Waals surface area contributed by atoms with Gasteiger partial charge in [-0.05, 0) is 55.5 Å². The van der Waals surface area contributed by atoms with Gasteiger partial charge in [-0.2, -0.15) is 13.2 Å². The number of esters is 1. The number of carbonyl (C=O) groups is 2. The molecular weight excluding hydrogens is 441 g/mol. The van der Waals surface area contributed by atoms with Gasteiger partial charge in [-0.25, -0.2) is 4.79 Å². The van der Waals surface area contributed by atoms with Crippen LogP contribution in [0.25, 0.3) is 0 Å². The zero-order chi connectivity index (χ0) is 24.2. The molecule has 0 aliphatic rings. The summed E-state index contributed by atoms with van der Waals surface area (Å²) < 4.78 is 55.2. The van der Waals surface area contributed by atoms with E-state index in [-0.39, 0.29) is 29.4 Å². The number of rotatable bonds is 7. The Labute approximate surface area is 187 Å². The second-order valence-corrected chi connectivity index (χ2v) is 6.86. The molecule has 174 valence electrons. The van der Waals surface area contributed by atoms with E-state index in [1.165, 1.54) is 30.0 Å². The van der Waals surface area contributed by atoms with Gasteiger partial charge >= 0.3 is 12.1 Å². The van der Waals surface area contributed by atoms with Gasteiger partial charge in [-0.15, -0.1) is 0 Å². The minimum absolute atomic E-state index is 0.0932. The van der Waals surface area contributed by atoms with Gasteiger partial charge in [0, 0.05) is 18.9 Å². The normalized spacial score (nSPS) is 11.1. The number of amides is 1. The fourth-order valence-electron chi connectivity index (χ4n) is 3.06. The molecule has 1 amide bonds. The van der Waals surface area contributed by atoms with E-state index in [0.717, 1.165) is 12.1 Å². The first kappa shape index (κ1) is 23.7. The lowest BCUT2D eigenvalue weighted by Gasteiger charge is -2.10. The maximum absolute atomic E-state index is 12.7. The van der Waals surface area contributed by atoms with E-state index in [9.17, 15) is 22.8 Å². The van der Waals surface area contributed by atoms with Crippen molar-refractivity contribution < 1.29 is 37.0 Å². The first-order chi connectivity index (χ1) is 15.6. The van der Waals surface area contributed by atoms with Crippen LogP contribution in [0.5, 0.6) is 17.2 Å². The average molecular weight is 462 g/mol. The van der Waals surface area contributed by atoms with Crippen molar-refractivity contribution in [1.82, 2.24) is 4.57 Å². The number of hydrogen-bond acceptors (Lipinski definition) is 5. The van der Waals surface area contributed by atoms with Crippen molar-refractivity contribution >= 4 is 17.6 Å². The number of hydrogen-bond donors (Lipinski definition) is 1. The Hall–Kier alpha value is -3.95. The molecule has 0 bridgehead atoms. The highest BCUT2D eigenvalue weighted by Gasteiger charge is 2.30. The predicted octanol–water partition coefficient (Wildman–Crippen LogP) is 5.27. The third-order valence-electron chi connectivity index (χ3n) is 4.58. The zero-order valence-corrected chi connectivity index (χ0v) is 18.0. The molecule has 0 unspecified atom stereocenters. The number of carbonyl (C=O) groups excluding carboxylic acids is 2. The first-order valence-electron chi connectivity index (χ1n) is 9.81. The standard InChI is InChI=1S/C23H21F3N2O5/c1-4-32-22(30)19-20(31-3)18(13-28(19)2)21(29)27-15-7-11-17(12-8-15)33-16-9-5-14(6-10-16)23(24,25)26/h5-13H,4H2,1-3H3,(H,27,29). The molecule has 2 aromatic carbocycles. The summed E-state index contributed by atoms with van der Waals surface area (Å²) in [6, 6.07) is 10.6. The van der Waals surface area contributed by atoms with Crippen molar-refractivity contribution in [3.8, 4) is 17.2 Å². The van der Waals surface area contributed by atoms with Gasteiger partial charge < -0.3 is 24.1 Å². The second kappa shape index (κ2) is 9.68. The summed E-state index contributed by atoms with van der Waals surface area (Å²) in [4.78, 5) is 24.9. The molecule has 0 spiro atoms. The largest absolute Gasteiger partial charge is 0.493 e. The average Bonchev–Trinajstić information content (AvgIpc) is 3.11. The van der Waals surface area contributed by atoms with Crippen LogP contribution in [0.15, 0.2) is 54.7 Å². The van der Waals surface area contributed by atoms with E-state index in [4.69, 9.17) is 14.2 Å². The first-order valence-corrected chi connectivity index (χ1v) is 9.81. The molecule has 3 aromatic rings. The van der Waals surface area contributed by atoms with Gasteiger partial charge in [0.1, 0.15) is 17.1 Å². The van der Waals surface area contributed by atoms with Crippen LogP contribution in [0.3, 0.4) is 0 Å². The molecule has 10 heteroatoms. The lowest BCUT2D eigenvalue weighted by molar-refractivity contribution is -0.137. The van der Waals surface area contributed by atoms with E-state index < -0.39 is 23.6 Å². The molecule has 0 radical (unpaired) electrons. The van der Waals surface area contributed by atoms with Gasteiger partial charge in [-0.1, -0.05) is 0 Å². The molecule has 0 atom stereocenters. The zero-order valence-electron chi connectivity index (χ0n) is 18.0. The topological polar surface area (TPSA) is 78.8 Å². The van der Waals surface area contributed by atoms with Crippen molar-refractivity contribution in [3.63, 3.8) is 0 Å². The Morgan fingerprint density at radius 3 is 2.09 bits per heavy atom. The fraction of sp³-hybridized carbons (Fsp3) is 0.217. The van der Waals surface area contributed by atoms with E-state index in [2.05, 4.69) is 5.32 Å². The molecule has 0 aliphatic carbocycles. The molecule has 3 rings (SSSR count). The molecule has 1 heterocycles. The van der Waals surface area contributed by atoms with Gasteiger partial charge in [0.05, 0.1) is 19.3 Å². The van der Waals surface area contributed by atoms with Crippen LogP contribution in [0, 0.1) is 0 Å². The molecule has 1 N–H and O–H groups in total. The number of anilines is 1. The molecule has 0 saturated heterocycles. The van der Waals surface area contributed by atoms with Crippen molar-refractivity contribution in [2.45, 2.75) is 13.1 Å². The molecule has 1 aromatic heterocycles. The van der Waals surface area contributed by atoms with Crippen LogP contribution in [0.1, 0.15) is 33.3 Å². The summed E-state index contributed by atoms with van der Waals surface area (Å²) in [6.07, 6.45) is -2.96. The minimum atomic E-state index is -4.42. The third kappa shape index (κ3) is 5.46. The number of nitrogens with zero attached hydrogens (tertiary/aromatic N) is 1. The monoisotopic (exact) mass is 462 g/mol. The summed E-state index contributed by atoms with van der Waals surface area (Å²) in [6.45, 7) is 1.85. The van der Waals surface area contributed by atoms with Gasteiger partial charge in [0.25, 0.3) is 5.91 Å². The molecule has 0 fully saturated rings. The summed E-state index contributed by atoms with van der Waals surface area (Å²) in [7, 11) is 2.95. The van der Waals surface area contributed by atoms with Crippen molar-refractivity contribution in [3.05, 3.63) is 71.5 Å². The Morgan fingerprint density at radius 2 is 1.58 bits per heavy atom. The Kier molecular flexibility index (Phi) is 6.95. The minimum Gasteiger partial charge on any atom is -0.493 e. The highest BCUT2D eigenvalue weighted by Crippen LogP contribution is 2.32. The fourth-order valence-corrected chi connectivity index (χ4v) is 3.06. The highest BCUT2D eigenvalue weighted by molar-refractivity contribution is 6.08. The molecule has 7 nitrogen and oxygen atoms in total. The van der Waals surface area contributed by atoms with Gasteiger partial charge in [0.15, 0.2) is 11.4 Å². The highest BCUT2D eigenvalue weighted by atomic mass is 19.4. The third-order valence-corrected chi connectivity index (χ3v) is 4.58. The van der Waals surface area contributed by atoms with Gasteiger partial charge in [-0.3, -0.25) is 4.79 Å². The molecule has 0 aliphatic heterocycles. The summed E-state index contributed by atoms with van der Waals surface area (Å²) in [5, 5.41) is 2.69. The van der Waals surface area contributed by atoms with Crippen LogP contribution in [0.4, 0.5) is 18.9 Å². The quantitative estimate of drug-likeness (QED) is 0.484. The van der Waals surface area contributed by atoms with Crippen molar-refractivity contribution in [2.24, 2.45) is 7.05 Å². The van der Waals surface area contributed by atoms with E-state index in [0.29, 0.717) is 11.4 Å². The lowest BCUT2D eigenvalue weighted by atomic mass is 10.2. The summed E-state index contributed by atoms with van der Waals surface area (Å²) >= 11 is 0. The number of aryl methyl sites for hydroxylation is 1. The Morgan fingerprint density at radius 1 is 1.00 bits per heavy atom. The van der Waals surface area contributed by atoms with Crippen LogP contribution >= 0.6 is 0 Å². The number of ether oxygens (including phenoxy) is 3. The Bertz CT molecular complexity index is 1140. The number of methoxy groups -OCH3 is 1. The SMILES string of the molecule is CCOC(=O)c1c(OC)c(C(=O)Nc2ccc(Oc3ccc(C(F)(F)F)cc3)cc2)cn1C. The number of benzene rings is 2. The summed E-state index contributed by atoms with van der Waals surface area (Å²) in [5.74, 6) is -0.416. The van der Waals surface area contributed by atoms with Crippen LogP contribution in [-0.4, -0.2) is 30.2 Å². The Balaban J connectivity index is 1.71. The number of nitrogens with one attached hydrogen (secondary N) is 1. The number of halogens is 3. The second-order valence-electron chi connectivity index (χ2n) is 6.86. The smallest absolute Gasteiger partial charge is 0.416 e. The lowest BCUT2D eigenvalue weighted by Crippen LogP contribution is -2.13. The van der Waals surface area contributed by atoms with E-state index in [1.54, 1.807) is 38.2 Å². The summed E-state index contributed by atoms with van der Waals surface area (Å²) in [5.41, 5.74) is -0.0725. The van der Waals surface area contributed by atoms with Crippen LogP contribution in [-0.2, 0) is 18.0 Å². The molecular formula is C23H21F3N2O5. The van der Waals surface area contributed by atoms with Crippen molar-refractivity contribution in [2.75, 3.05) is 19.0 Å². The van der Waals surface area contributed by atoms with Crippen LogP contribution < -0.4 is 14.8 Å². The van der Waals surface area contributed by atoms with E-state index >= 15 is 0 Å². The number of aromatic nitrogens is 1. The van der Waals surface area contributed by atoms with E-state index in [1.807, 2.05) is 0 Å².